The third kappa shape index (κ3) is 5.62. The molecule has 0 aromatic carbocycles. The van der Waals surface area contributed by atoms with Gasteiger partial charge in [-0.1, -0.05) is 6.92 Å². The molecule has 0 aliphatic heterocycles. The van der Waals surface area contributed by atoms with E-state index in [4.69, 9.17) is 9.15 Å². The van der Waals surface area contributed by atoms with E-state index in [9.17, 15) is 8.42 Å². The summed E-state index contributed by atoms with van der Waals surface area (Å²) in [4.78, 5) is 0. The van der Waals surface area contributed by atoms with Crippen molar-refractivity contribution in [2.75, 3.05) is 19.7 Å². The minimum absolute atomic E-state index is 0.0607. The predicted octanol–water partition coefficient (Wildman–Crippen LogP) is 1.48. The van der Waals surface area contributed by atoms with Crippen molar-refractivity contribution >= 4 is 10.0 Å². The number of hydrogen-bond acceptors (Lipinski definition) is 5. The molecule has 116 valence electrons. The summed E-state index contributed by atoms with van der Waals surface area (Å²) in [5.74, 6) is 0.608. The molecule has 1 atom stereocenters. The summed E-state index contributed by atoms with van der Waals surface area (Å²) in [6.07, 6.45) is 0.846. The average Bonchev–Trinajstić information content (AvgIpc) is 2.87. The molecule has 1 heterocycles. The fourth-order valence-electron chi connectivity index (χ4n) is 1.63. The number of sulfonamides is 1. The van der Waals surface area contributed by atoms with Crippen molar-refractivity contribution in [1.82, 2.24) is 10.0 Å². The zero-order chi connectivity index (χ0) is 15.0. The van der Waals surface area contributed by atoms with Gasteiger partial charge in [-0.2, -0.15) is 0 Å². The van der Waals surface area contributed by atoms with Gasteiger partial charge in [-0.3, -0.25) is 0 Å². The van der Waals surface area contributed by atoms with Gasteiger partial charge in [0.1, 0.15) is 5.76 Å². The van der Waals surface area contributed by atoms with E-state index in [-0.39, 0.29) is 17.7 Å². The third-order valence-electron chi connectivity index (χ3n) is 2.64. The highest BCUT2D eigenvalue weighted by molar-refractivity contribution is 7.89. The monoisotopic (exact) mass is 304 g/mol. The van der Waals surface area contributed by atoms with Crippen LogP contribution in [0.3, 0.4) is 0 Å². The van der Waals surface area contributed by atoms with Crippen LogP contribution in [-0.4, -0.2) is 34.2 Å². The van der Waals surface area contributed by atoms with Crippen LogP contribution in [0.15, 0.2) is 21.6 Å². The largest absolute Gasteiger partial charge is 0.447 e. The highest BCUT2D eigenvalue weighted by Crippen LogP contribution is 2.13. The summed E-state index contributed by atoms with van der Waals surface area (Å²) in [5.41, 5.74) is 0. The van der Waals surface area contributed by atoms with Crippen molar-refractivity contribution in [3.05, 3.63) is 17.9 Å². The number of ether oxygens (including phenoxy) is 1. The van der Waals surface area contributed by atoms with Gasteiger partial charge in [0.25, 0.3) is 10.0 Å². The number of furan rings is 1. The lowest BCUT2D eigenvalue weighted by atomic mass is 10.4. The van der Waals surface area contributed by atoms with Crippen LogP contribution < -0.4 is 10.0 Å². The van der Waals surface area contributed by atoms with E-state index < -0.39 is 10.0 Å². The van der Waals surface area contributed by atoms with Gasteiger partial charge in [0.05, 0.1) is 12.6 Å². The molecule has 1 aromatic heterocycles. The summed E-state index contributed by atoms with van der Waals surface area (Å²) in [6.45, 7) is 7.92. The first-order valence-corrected chi connectivity index (χ1v) is 8.38. The Hall–Kier alpha value is -0.890. The van der Waals surface area contributed by atoms with Gasteiger partial charge in [0.15, 0.2) is 0 Å². The third-order valence-corrected chi connectivity index (χ3v) is 3.94. The summed E-state index contributed by atoms with van der Waals surface area (Å²) in [7, 11) is -3.61. The SMILES string of the molecule is CCCNCc1ccc(S(=O)(=O)NCC(C)OCC)o1. The van der Waals surface area contributed by atoms with Crippen LogP contribution in [0.5, 0.6) is 0 Å². The van der Waals surface area contributed by atoms with Crippen LogP contribution in [0, 0.1) is 0 Å². The van der Waals surface area contributed by atoms with Crippen LogP contribution in [0.4, 0.5) is 0 Å². The van der Waals surface area contributed by atoms with Gasteiger partial charge in [0, 0.05) is 13.2 Å². The zero-order valence-corrected chi connectivity index (χ0v) is 13.1. The Morgan fingerprint density at radius 2 is 2.10 bits per heavy atom. The maximum Gasteiger partial charge on any atom is 0.274 e. The number of rotatable bonds is 10. The molecule has 1 aromatic rings. The molecule has 0 bridgehead atoms. The Bertz CT molecular complexity index is 484. The molecular weight excluding hydrogens is 280 g/mol. The van der Waals surface area contributed by atoms with E-state index >= 15 is 0 Å². The highest BCUT2D eigenvalue weighted by atomic mass is 32.2. The molecule has 2 N–H and O–H groups in total. The first-order valence-electron chi connectivity index (χ1n) is 6.90. The molecule has 0 spiro atoms. The van der Waals surface area contributed by atoms with Gasteiger partial charge in [-0.15, -0.1) is 0 Å². The lowest BCUT2D eigenvalue weighted by Gasteiger charge is -2.11. The number of nitrogens with one attached hydrogen (secondary N) is 2. The second kappa shape index (κ2) is 8.41. The second-order valence-corrected chi connectivity index (χ2v) is 6.21. The molecule has 0 amide bonds. The molecular formula is C13H24N2O4S. The quantitative estimate of drug-likeness (QED) is 0.640. The smallest absolute Gasteiger partial charge is 0.274 e. The average molecular weight is 304 g/mol. The van der Waals surface area contributed by atoms with E-state index in [0.717, 1.165) is 13.0 Å². The normalized spacial score (nSPS) is 13.6. The van der Waals surface area contributed by atoms with Gasteiger partial charge in [0.2, 0.25) is 5.09 Å². The van der Waals surface area contributed by atoms with Gasteiger partial charge >= 0.3 is 0 Å². The standard InChI is InChI=1S/C13H24N2O4S/c1-4-8-14-10-12-6-7-13(19-12)20(16,17)15-9-11(3)18-5-2/h6-7,11,14-15H,4-5,8-10H2,1-3H3. The summed E-state index contributed by atoms with van der Waals surface area (Å²) in [6, 6.07) is 3.14. The van der Waals surface area contributed by atoms with E-state index in [1.165, 1.54) is 6.07 Å². The Kier molecular flexibility index (Phi) is 7.22. The Labute approximate surface area is 120 Å². The molecule has 0 fully saturated rings. The van der Waals surface area contributed by atoms with Crippen LogP contribution in [0.2, 0.25) is 0 Å². The van der Waals surface area contributed by atoms with E-state index in [2.05, 4.69) is 17.0 Å². The molecule has 7 heteroatoms. The van der Waals surface area contributed by atoms with Crippen molar-refractivity contribution in [1.29, 1.82) is 0 Å². The lowest BCUT2D eigenvalue weighted by molar-refractivity contribution is 0.0799. The van der Waals surface area contributed by atoms with Crippen LogP contribution in [0.1, 0.15) is 33.0 Å². The van der Waals surface area contributed by atoms with E-state index in [0.29, 0.717) is 18.9 Å². The highest BCUT2D eigenvalue weighted by Gasteiger charge is 2.19. The first-order chi connectivity index (χ1) is 9.49. The molecule has 1 rings (SSSR count). The second-order valence-electron chi connectivity index (χ2n) is 4.52. The van der Waals surface area contributed by atoms with Gasteiger partial charge < -0.3 is 14.5 Å². The topological polar surface area (TPSA) is 80.6 Å². The Morgan fingerprint density at radius 1 is 1.35 bits per heavy atom. The molecule has 0 saturated heterocycles. The molecule has 0 aliphatic rings. The summed E-state index contributed by atoms with van der Waals surface area (Å²) in [5, 5.41) is 3.09. The Balaban J connectivity index is 2.54. The Morgan fingerprint density at radius 3 is 2.75 bits per heavy atom. The molecule has 1 unspecified atom stereocenters. The van der Waals surface area contributed by atoms with Crippen molar-refractivity contribution < 1.29 is 17.6 Å². The lowest BCUT2D eigenvalue weighted by Crippen LogP contribution is -2.32. The van der Waals surface area contributed by atoms with Crippen LogP contribution >= 0.6 is 0 Å². The van der Waals surface area contributed by atoms with Crippen molar-refractivity contribution in [2.45, 2.75) is 44.9 Å². The van der Waals surface area contributed by atoms with Gasteiger partial charge in [-0.25, -0.2) is 13.1 Å². The fraction of sp³-hybridized carbons (Fsp3) is 0.692. The minimum Gasteiger partial charge on any atom is -0.447 e. The zero-order valence-electron chi connectivity index (χ0n) is 12.3. The van der Waals surface area contributed by atoms with Gasteiger partial charge in [-0.05, 0) is 38.9 Å². The molecule has 0 saturated carbocycles. The van der Waals surface area contributed by atoms with E-state index in [1.807, 2.05) is 13.8 Å². The van der Waals surface area contributed by atoms with Crippen molar-refractivity contribution in [3.8, 4) is 0 Å². The number of hydrogen-bond donors (Lipinski definition) is 2. The summed E-state index contributed by atoms with van der Waals surface area (Å²) >= 11 is 0. The van der Waals surface area contributed by atoms with E-state index in [1.54, 1.807) is 6.07 Å². The summed E-state index contributed by atoms with van der Waals surface area (Å²) < 4.78 is 37.1. The van der Waals surface area contributed by atoms with Crippen molar-refractivity contribution in [2.24, 2.45) is 0 Å². The minimum atomic E-state index is -3.61. The maximum atomic E-state index is 12.0. The predicted molar refractivity (Wildman–Crippen MR) is 77.0 cm³/mol. The fourth-order valence-corrected chi connectivity index (χ4v) is 2.69. The van der Waals surface area contributed by atoms with Crippen molar-refractivity contribution in [3.63, 3.8) is 0 Å². The maximum absolute atomic E-state index is 12.0. The molecule has 0 aliphatic carbocycles. The molecule has 6 nitrogen and oxygen atoms in total. The molecule has 0 radical (unpaired) electrons. The van der Waals surface area contributed by atoms with Crippen LogP contribution in [0.25, 0.3) is 0 Å². The van der Waals surface area contributed by atoms with Crippen LogP contribution in [-0.2, 0) is 21.3 Å². The molecule has 20 heavy (non-hydrogen) atoms. The first kappa shape index (κ1) is 17.2.